The van der Waals surface area contributed by atoms with Gasteiger partial charge in [0.05, 0.1) is 12.7 Å². The van der Waals surface area contributed by atoms with Crippen molar-refractivity contribution in [3.63, 3.8) is 0 Å². The minimum atomic E-state index is -0.370. The molecule has 0 N–H and O–H groups in total. The van der Waals surface area contributed by atoms with Gasteiger partial charge < -0.3 is 14.2 Å². The molecule has 1 aliphatic rings. The molecule has 5 nitrogen and oxygen atoms in total. The zero-order valence-electron chi connectivity index (χ0n) is 23.9. The van der Waals surface area contributed by atoms with Gasteiger partial charge in [0.25, 0.3) is 0 Å². The maximum atomic E-state index is 12.7. The van der Waals surface area contributed by atoms with Crippen LogP contribution in [0.1, 0.15) is 34.3 Å². The van der Waals surface area contributed by atoms with Gasteiger partial charge in [0.15, 0.2) is 0 Å². The van der Waals surface area contributed by atoms with Crippen LogP contribution in [0, 0.1) is 0 Å². The molecule has 5 heteroatoms. The van der Waals surface area contributed by atoms with E-state index in [1.54, 1.807) is 19.2 Å². The fourth-order valence-electron chi connectivity index (χ4n) is 5.63. The Bertz CT molecular complexity index is 1660. The predicted molar refractivity (Wildman–Crippen MR) is 168 cm³/mol. The second-order valence-electron chi connectivity index (χ2n) is 10.7. The van der Waals surface area contributed by atoms with Crippen molar-refractivity contribution < 1.29 is 19.0 Å². The molecule has 0 radical (unpaired) electrons. The number of hydrogen-bond acceptors (Lipinski definition) is 5. The highest BCUT2D eigenvalue weighted by molar-refractivity contribution is 5.95. The number of ether oxygens (including phenoxy) is 3. The maximum Gasteiger partial charge on any atom is 0.343 e. The molecule has 0 aliphatic carbocycles. The third-order valence-corrected chi connectivity index (χ3v) is 7.88. The normalized spacial score (nSPS) is 13.3. The lowest BCUT2D eigenvalue weighted by Crippen LogP contribution is -2.25. The molecule has 0 spiro atoms. The van der Waals surface area contributed by atoms with Crippen molar-refractivity contribution >= 4 is 16.7 Å². The Balaban J connectivity index is 1.28. The van der Waals surface area contributed by atoms with Gasteiger partial charge in [0.1, 0.15) is 23.9 Å². The summed E-state index contributed by atoms with van der Waals surface area (Å²) in [6, 6.07) is 35.7. The van der Waals surface area contributed by atoms with Crippen molar-refractivity contribution in [1.82, 2.24) is 4.90 Å². The smallest absolute Gasteiger partial charge is 0.343 e. The van der Waals surface area contributed by atoms with Crippen LogP contribution in [0.2, 0.25) is 0 Å². The van der Waals surface area contributed by atoms with Crippen LogP contribution in [-0.2, 0) is 6.42 Å². The predicted octanol–water partition coefficient (Wildman–Crippen LogP) is 7.80. The van der Waals surface area contributed by atoms with Gasteiger partial charge in [0, 0.05) is 6.54 Å². The van der Waals surface area contributed by atoms with Crippen LogP contribution in [-0.4, -0.2) is 44.2 Å². The highest BCUT2D eigenvalue weighted by atomic mass is 16.5. The summed E-state index contributed by atoms with van der Waals surface area (Å²) in [5.74, 6) is 1.86. The largest absolute Gasteiger partial charge is 0.497 e. The van der Waals surface area contributed by atoms with E-state index >= 15 is 0 Å². The van der Waals surface area contributed by atoms with Gasteiger partial charge in [-0.05, 0) is 114 Å². The number of hydrogen-bond donors (Lipinski definition) is 0. The van der Waals surface area contributed by atoms with Gasteiger partial charge in [-0.15, -0.1) is 0 Å². The Labute approximate surface area is 247 Å². The zero-order valence-corrected chi connectivity index (χ0v) is 23.9. The molecule has 0 atom stereocenters. The number of rotatable bonds is 10. The number of carbonyl (C=O) groups excluding carboxylic acids is 1. The molecule has 1 fully saturated rings. The van der Waals surface area contributed by atoms with E-state index in [0.29, 0.717) is 17.9 Å². The molecule has 0 amide bonds. The van der Waals surface area contributed by atoms with Crippen molar-refractivity contribution in [3.8, 4) is 28.4 Å². The average molecular weight is 558 g/mol. The molecule has 6 rings (SSSR count). The minimum absolute atomic E-state index is 0.370. The molecule has 1 saturated heterocycles. The Morgan fingerprint density at radius 3 is 2.33 bits per heavy atom. The van der Waals surface area contributed by atoms with Gasteiger partial charge in [-0.25, -0.2) is 4.79 Å². The molecule has 0 unspecified atom stereocenters. The summed E-state index contributed by atoms with van der Waals surface area (Å²) in [6.45, 7) is 4.05. The van der Waals surface area contributed by atoms with E-state index in [9.17, 15) is 4.79 Å². The summed E-state index contributed by atoms with van der Waals surface area (Å²) < 4.78 is 17.3. The number of carbonyl (C=O) groups is 1. The molecule has 5 aromatic rings. The van der Waals surface area contributed by atoms with Crippen LogP contribution in [0.15, 0.2) is 109 Å². The van der Waals surface area contributed by atoms with Gasteiger partial charge >= 0.3 is 5.97 Å². The summed E-state index contributed by atoms with van der Waals surface area (Å²) in [5, 5.41) is 2.12. The average Bonchev–Trinajstić information content (AvgIpc) is 3.56. The van der Waals surface area contributed by atoms with Crippen LogP contribution in [0.3, 0.4) is 0 Å². The highest BCUT2D eigenvalue weighted by Gasteiger charge is 2.15. The van der Waals surface area contributed by atoms with E-state index in [2.05, 4.69) is 59.5 Å². The summed E-state index contributed by atoms with van der Waals surface area (Å²) in [7, 11) is 1.69. The molecule has 0 bridgehead atoms. The third-order valence-electron chi connectivity index (χ3n) is 7.88. The zero-order chi connectivity index (χ0) is 28.7. The number of benzene rings is 5. The first-order valence-electron chi connectivity index (χ1n) is 14.6. The minimum Gasteiger partial charge on any atom is -0.497 e. The molecule has 0 aromatic heterocycles. The number of esters is 1. The summed E-state index contributed by atoms with van der Waals surface area (Å²) in [4.78, 5) is 15.1. The van der Waals surface area contributed by atoms with Crippen LogP contribution in [0.25, 0.3) is 21.9 Å². The van der Waals surface area contributed by atoms with E-state index in [1.165, 1.54) is 37.1 Å². The van der Waals surface area contributed by atoms with Gasteiger partial charge in [0.2, 0.25) is 0 Å². The van der Waals surface area contributed by atoms with E-state index in [4.69, 9.17) is 14.2 Å². The summed E-state index contributed by atoms with van der Waals surface area (Å²) in [6.07, 6.45) is 3.32. The van der Waals surface area contributed by atoms with E-state index in [0.717, 1.165) is 46.4 Å². The quantitative estimate of drug-likeness (QED) is 0.130. The van der Waals surface area contributed by atoms with Crippen LogP contribution < -0.4 is 14.2 Å². The van der Waals surface area contributed by atoms with Crippen molar-refractivity contribution in [1.29, 1.82) is 0 Å². The molecule has 42 heavy (non-hydrogen) atoms. The molecule has 5 aromatic carbocycles. The number of likely N-dealkylation sites (tertiary alicyclic amines) is 1. The molecular weight excluding hydrogens is 522 g/mol. The third kappa shape index (κ3) is 6.48. The molecular formula is C37H35NO4. The van der Waals surface area contributed by atoms with Crippen molar-refractivity contribution in [3.05, 3.63) is 126 Å². The number of methoxy groups -OCH3 is 1. The van der Waals surface area contributed by atoms with Gasteiger partial charge in [-0.1, -0.05) is 60.7 Å². The Morgan fingerprint density at radius 1 is 0.762 bits per heavy atom. The number of fused-ring (bicyclic) bond motifs is 1. The van der Waals surface area contributed by atoms with Crippen molar-refractivity contribution in [2.45, 2.75) is 19.3 Å². The first-order valence-corrected chi connectivity index (χ1v) is 14.6. The summed E-state index contributed by atoms with van der Waals surface area (Å²) in [5.41, 5.74) is 5.15. The fourth-order valence-corrected chi connectivity index (χ4v) is 5.63. The van der Waals surface area contributed by atoms with Crippen LogP contribution in [0.5, 0.6) is 17.2 Å². The molecule has 1 heterocycles. The first-order chi connectivity index (χ1) is 20.7. The first kappa shape index (κ1) is 27.6. The van der Waals surface area contributed by atoms with Crippen molar-refractivity contribution in [2.24, 2.45) is 0 Å². The van der Waals surface area contributed by atoms with Crippen LogP contribution >= 0.6 is 0 Å². The van der Waals surface area contributed by atoms with Gasteiger partial charge in [-0.2, -0.15) is 0 Å². The lowest BCUT2D eigenvalue weighted by molar-refractivity contribution is 0.0735. The monoisotopic (exact) mass is 557 g/mol. The molecule has 1 aliphatic heterocycles. The second kappa shape index (κ2) is 12.9. The fraction of sp³-hybridized carbons (Fsp3) is 0.216. The Hall–Kier alpha value is -4.61. The summed E-state index contributed by atoms with van der Waals surface area (Å²) >= 11 is 0. The van der Waals surface area contributed by atoms with E-state index < -0.39 is 0 Å². The lowest BCUT2D eigenvalue weighted by atomic mass is 9.90. The topological polar surface area (TPSA) is 48.0 Å². The lowest BCUT2D eigenvalue weighted by Gasteiger charge is -2.16. The van der Waals surface area contributed by atoms with E-state index in [1.807, 2.05) is 42.5 Å². The van der Waals surface area contributed by atoms with Crippen molar-refractivity contribution in [2.75, 3.05) is 33.4 Å². The SMILES string of the molecule is COc1cccc(-c2ccc3cc(OC(=O)c4ccccc4)ccc3c2Cc2ccc(OCCN3CCCC3)cc2)c1. The van der Waals surface area contributed by atoms with E-state index in [-0.39, 0.29) is 5.97 Å². The molecule has 0 saturated carbocycles. The Kier molecular flexibility index (Phi) is 8.48. The van der Waals surface area contributed by atoms with Crippen LogP contribution in [0.4, 0.5) is 0 Å². The Morgan fingerprint density at radius 2 is 1.55 bits per heavy atom. The number of nitrogens with zero attached hydrogens (tertiary/aromatic N) is 1. The highest BCUT2D eigenvalue weighted by Crippen LogP contribution is 2.35. The standard InChI is InChI=1S/C37H35NO4/c1-40-32-11-7-10-29(25-32)34-18-14-30-26-33(42-37(39)28-8-3-2-4-9-28)17-19-35(30)36(34)24-27-12-15-31(16-13-27)41-23-22-38-20-5-6-21-38/h2-4,7-19,25-26H,5-6,20-24H2,1H3. The maximum absolute atomic E-state index is 12.7. The van der Waals surface area contributed by atoms with Gasteiger partial charge in [-0.3, -0.25) is 4.90 Å². The second-order valence-corrected chi connectivity index (χ2v) is 10.7. The molecule has 212 valence electrons.